The van der Waals surface area contributed by atoms with Crippen LogP contribution < -0.4 is 4.90 Å². The molecule has 0 aliphatic carbocycles. The highest BCUT2D eigenvalue weighted by atomic mass is 32.2. The van der Waals surface area contributed by atoms with Gasteiger partial charge in [-0.1, -0.05) is 6.92 Å². The number of nitrogens with zero attached hydrogens (tertiary/aromatic N) is 3. The smallest absolute Gasteiger partial charge is 0.338 e. The molecule has 2 heterocycles. The summed E-state index contributed by atoms with van der Waals surface area (Å²) < 4.78 is 34.2. The van der Waals surface area contributed by atoms with Gasteiger partial charge < -0.3 is 19.3 Å². The fourth-order valence-corrected chi connectivity index (χ4v) is 5.87. The number of benzene rings is 1. The lowest BCUT2D eigenvalue weighted by Gasteiger charge is -2.33. The van der Waals surface area contributed by atoms with Crippen LogP contribution >= 0.6 is 0 Å². The molecule has 1 amide bonds. The van der Waals surface area contributed by atoms with Crippen LogP contribution in [-0.2, 0) is 24.1 Å². The second-order valence-corrected chi connectivity index (χ2v) is 10.5. The van der Waals surface area contributed by atoms with Gasteiger partial charge in [-0.2, -0.15) is 0 Å². The maximum Gasteiger partial charge on any atom is 0.338 e. The minimum Gasteiger partial charge on any atom is -0.452 e. The first-order valence-electron chi connectivity index (χ1n) is 10.9. The Morgan fingerprint density at radius 3 is 2.61 bits per heavy atom. The summed E-state index contributed by atoms with van der Waals surface area (Å²) in [5.74, 6) is -1.43. The molecule has 0 radical (unpaired) electrons. The third-order valence-electron chi connectivity index (χ3n) is 6.04. The zero-order valence-corrected chi connectivity index (χ0v) is 19.6. The van der Waals surface area contributed by atoms with E-state index in [9.17, 15) is 28.1 Å². The molecule has 182 valence electrons. The maximum atomic E-state index is 12.8. The Labute approximate surface area is 192 Å². The van der Waals surface area contributed by atoms with Crippen molar-refractivity contribution < 1.29 is 32.4 Å². The highest BCUT2D eigenvalue weighted by Crippen LogP contribution is 2.30. The average molecular weight is 484 g/mol. The molecule has 2 fully saturated rings. The Bertz CT molecular complexity index is 1010. The SMILES string of the molecule is CCC(C)N(C(=O)COC(=O)c1ccc(N2CCOCC2)c([N+](=O)[O-])c1)C1CCS(=O)(=O)C1. The van der Waals surface area contributed by atoms with E-state index in [0.29, 0.717) is 44.8 Å². The Balaban J connectivity index is 1.70. The van der Waals surface area contributed by atoms with Crippen LogP contribution in [0.2, 0.25) is 0 Å². The number of hydrogen-bond donors (Lipinski definition) is 0. The van der Waals surface area contributed by atoms with Crippen molar-refractivity contribution in [3.63, 3.8) is 0 Å². The topological polar surface area (TPSA) is 136 Å². The van der Waals surface area contributed by atoms with Crippen LogP contribution in [0.5, 0.6) is 0 Å². The summed E-state index contributed by atoms with van der Waals surface area (Å²) in [6.45, 7) is 5.05. The van der Waals surface area contributed by atoms with Gasteiger partial charge in [-0.25, -0.2) is 13.2 Å². The fourth-order valence-electron chi connectivity index (χ4n) is 4.15. The summed E-state index contributed by atoms with van der Waals surface area (Å²) in [5, 5.41) is 11.6. The normalized spacial score (nSPS) is 20.8. The maximum absolute atomic E-state index is 12.8. The number of morpholine rings is 1. The molecule has 2 aliphatic heterocycles. The number of rotatable bonds is 8. The molecule has 1 aromatic rings. The van der Waals surface area contributed by atoms with Gasteiger partial charge in [0.2, 0.25) is 0 Å². The first-order chi connectivity index (χ1) is 15.6. The van der Waals surface area contributed by atoms with E-state index in [4.69, 9.17) is 9.47 Å². The predicted octanol–water partition coefficient (Wildman–Crippen LogP) is 1.40. The average Bonchev–Trinajstić information content (AvgIpc) is 3.16. The lowest BCUT2D eigenvalue weighted by atomic mass is 10.1. The Hall–Kier alpha value is -2.73. The van der Waals surface area contributed by atoms with Gasteiger partial charge in [0, 0.05) is 31.2 Å². The zero-order chi connectivity index (χ0) is 24.2. The fraction of sp³-hybridized carbons (Fsp3) is 0.619. The first-order valence-corrected chi connectivity index (χ1v) is 12.7. The van der Waals surface area contributed by atoms with Crippen molar-refractivity contribution in [1.82, 2.24) is 4.90 Å². The highest BCUT2D eigenvalue weighted by molar-refractivity contribution is 7.91. The van der Waals surface area contributed by atoms with E-state index < -0.39 is 39.3 Å². The summed E-state index contributed by atoms with van der Waals surface area (Å²) in [5.41, 5.74) is 0.126. The van der Waals surface area contributed by atoms with Crippen molar-refractivity contribution in [1.29, 1.82) is 0 Å². The van der Waals surface area contributed by atoms with Crippen molar-refractivity contribution in [2.75, 3.05) is 49.3 Å². The third-order valence-corrected chi connectivity index (χ3v) is 7.79. The number of amides is 1. The van der Waals surface area contributed by atoms with Crippen LogP contribution in [0.3, 0.4) is 0 Å². The molecule has 12 heteroatoms. The van der Waals surface area contributed by atoms with Crippen LogP contribution in [0, 0.1) is 10.1 Å². The Morgan fingerprint density at radius 2 is 2.03 bits per heavy atom. The molecular formula is C21H29N3O8S. The molecule has 2 unspecified atom stereocenters. The summed E-state index contributed by atoms with van der Waals surface area (Å²) in [7, 11) is -3.19. The zero-order valence-electron chi connectivity index (χ0n) is 18.8. The minimum atomic E-state index is -3.19. The minimum absolute atomic E-state index is 0.0246. The Morgan fingerprint density at radius 1 is 1.33 bits per heavy atom. The van der Waals surface area contributed by atoms with E-state index in [1.54, 1.807) is 0 Å². The molecule has 0 aromatic heterocycles. The lowest BCUT2D eigenvalue weighted by Crippen LogP contribution is -2.48. The van der Waals surface area contributed by atoms with Crippen molar-refractivity contribution in [2.45, 2.75) is 38.8 Å². The number of sulfone groups is 1. The van der Waals surface area contributed by atoms with E-state index in [2.05, 4.69) is 0 Å². The standard InChI is InChI=1S/C21H29N3O8S/c1-3-15(2)23(17-6-11-33(29,30)14-17)20(25)13-32-21(26)16-4-5-18(19(12-16)24(27)28)22-7-9-31-10-8-22/h4-5,12,15,17H,3,6-11,13-14H2,1-2H3. The number of carbonyl (C=O) groups is 2. The van der Waals surface area contributed by atoms with E-state index in [1.807, 2.05) is 18.7 Å². The number of ether oxygens (including phenoxy) is 2. The molecule has 33 heavy (non-hydrogen) atoms. The van der Waals surface area contributed by atoms with Gasteiger partial charge in [-0.05, 0) is 31.9 Å². The van der Waals surface area contributed by atoms with E-state index >= 15 is 0 Å². The summed E-state index contributed by atoms with van der Waals surface area (Å²) in [4.78, 5) is 39.7. The second-order valence-electron chi connectivity index (χ2n) is 8.25. The number of esters is 1. The molecule has 1 aromatic carbocycles. The molecular weight excluding hydrogens is 454 g/mol. The number of nitro groups is 1. The summed E-state index contributed by atoms with van der Waals surface area (Å²) in [6, 6.07) is 3.40. The van der Waals surface area contributed by atoms with Gasteiger partial charge in [-0.3, -0.25) is 14.9 Å². The monoisotopic (exact) mass is 483 g/mol. The van der Waals surface area contributed by atoms with E-state index in [1.165, 1.54) is 17.0 Å². The molecule has 2 atom stereocenters. The first kappa shape index (κ1) is 24.9. The van der Waals surface area contributed by atoms with Gasteiger partial charge >= 0.3 is 5.97 Å². The van der Waals surface area contributed by atoms with Gasteiger partial charge in [-0.15, -0.1) is 0 Å². The number of anilines is 1. The summed E-state index contributed by atoms with van der Waals surface area (Å²) in [6.07, 6.45) is 0.965. The number of hydrogen-bond acceptors (Lipinski definition) is 9. The van der Waals surface area contributed by atoms with Crippen molar-refractivity contribution >= 4 is 33.1 Å². The van der Waals surface area contributed by atoms with Crippen molar-refractivity contribution in [3.05, 3.63) is 33.9 Å². The molecule has 2 saturated heterocycles. The van der Waals surface area contributed by atoms with Gasteiger partial charge in [0.15, 0.2) is 16.4 Å². The second kappa shape index (κ2) is 10.5. The molecule has 11 nitrogen and oxygen atoms in total. The molecule has 0 bridgehead atoms. The van der Waals surface area contributed by atoms with Gasteiger partial charge in [0.1, 0.15) is 5.69 Å². The number of carbonyl (C=O) groups excluding carboxylic acids is 2. The van der Waals surface area contributed by atoms with E-state index in [0.717, 1.165) is 6.07 Å². The van der Waals surface area contributed by atoms with Gasteiger partial charge in [0.05, 0.1) is 35.2 Å². The number of nitro benzene ring substituents is 1. The van der Waals surface area contributed by atoms with Crippen LogP contribution in [0.4, 0.5) is 11.4 Å². The van der Waals surface area contributed by atoms with Gasteiger partial charge in [0.25, 0.3) is 11.6 Å². The third kappa shape index (κ3) is 5.99. The molecule has 3 rings (SSSR count). The summed E-state index contributed by atoms with van der Waals surface area (Å²) >= 11 is 0. The largest absolute Gasteiger partial charge is 0.452 e. The Kier molecular flexibility index (Phi) is 7.90. The van der Waals surface area contributed by atoms with Crippen LogP contribution in [0.15, 0.2) is 18.2 Å². The van der Waals surface area contributed by atoms with E-state index in [-0.39, 0.29) is 28.8 Å². The molecule has 0 N–H and O–H groups in total. The van der Waals surface area contributed by atoms with Crippen LogP contribution in [0.1, 0.15) is 37.0 Å². The van der Waals surface area contributed by atoms with Crippen molar-refractivity contribution in [3.8, 4) is 0 Å². The highest BCUT2D eigenvalue weighted by Gasteiger charge is 2.37. The van der Waals surface area contributed by atoms with Crippen LogP contribution in [0.25, 0.3) is 0 Å². The predicted molar refractivity (Wildman–Crippen MR) is 120 cm³/mol. The van der Waals surface area contributed by atoms with Crippen LogP contribution in [-0.4, -0.2) is 86.6 Å². The molecule has 0 saturated carbocycles. The van der Waals surface area contributed by atoms with Crippen molar-refractivity contribution in [2.24, 2.45) is 0 Å². The molecule has 0 spiro atoms. The quantitative estimate of drug-likeness (QED) is 0.305. The lowest BCUT2D eigenvalue weighted by molar-refractivity contribution is -0.384. The molecule has 2 aliphatic rings.